The Morgan fingerprint density at radius 1 is 1.24 bits per heavy atom. The molecule has 1 aliphatic rings. The molecular formula is C18H25N3. The van der Waals surface area contributed by atoms with E-state index in [9.17, 15) is 0 Å². The van der Waals surface area contributed by atoms with Gasteiger partial charge in [0.1, 0.15) is 5.82 Å². The van der Waals surface area contributed by atoms with Gasteiger partial charge in [0.05, 0.1) is 5.52 Å². The molecule has 1 aromatic heterocycles. The number of benzene rings is 1. The van der Waals surface area contributed by atoms with Gasteiger partial charge in [-0.05, 0) is 38.9 Å². The maximum absolute atomic E-state index is 4.81. The molecule has 1 aromatic carbocycles. The van der Waals surface area contributed by atoms with E-state index in [1.165, 1.54) is 36.6 Å². The standard InChI is InChI=1S/C18H25N3/c1-3-19-18-15(13-21(2)16-9-5-6-10-16)12-14-8-4-7-11-17(14)20-18/h4,7-8,11-12,16H,3,5-6,9-10,13H2,1-2H3,(H,19,20). The third kappa shape index (κ3) is 3.18. The Balaban J connectivity index is 1.89. The van der Waals surface area contributed by atoms with Gasteiger partial charge in [0, 0.05) is 30.1 Å². The molecule has 0 radical (unpaired) electrons. The number of nitrogens with one attached hydrogen (secondary N) is 1. The van der Waals surface area contributed by atoms with E-state index < -0.39 is 0 Å². The van der Waals surface area contributed by atoms with Crippen LogP contribution in [0, 0.1) is 0 Å². The lowest BCUT2D eigenvalue weighted by Crippen LogP contribution is -2.29. The third-order valence-corrected chi connectivity index (χ3v) is 4.51. The molecule has 2 aromatic rings. The number of pyridine rings is 1. The molecule has 112 valence electrons. The fraction of sp³-hybridized carbons (Fsp3) is 0.500. The zero-order valence-electron chi connectivity index (χ0n) is 13.1. The van der Waals surface area contributed by atoms with Crippen molar-refractivity contribution < 1.29 is 0 Å². The summed E-state index contributed by atoms with van der Waals surface area (Å²) in [5, 5.41) is 4.66. The monoisotopic (exact) mass is 283 g/mol. The molecule has 0 aliphatic heterocycles. The van der Waals surface area contributed by atoms with E-state index >= 15 is 0 Å². The van der Waals surface area contributed by atoms with Crippen molar-refractivity contribution in [2.24, 2.45) is 0 Å². The summed E-state index contributed by atoms with van der Waals surface area (Å²) in [4.78, 5) is 7.31. The van der Waals surface area contributed by atoms with Crippen LogP contribution in [0.4, 0.5) is 5.82 Å². The Hall–Kier alpha value is -1.61. The predicted octanol–water partition coefficient (Wildman–Crippen LogP) is 4.04. The fourth-order valence-corrected chi connectivity index (χ4v) is 3.34. The van der Waals surface area contributed by atoms with Gasteiger partial charge in [-0.3, -0.25) is 4.90 Å². The van der Waals surface area contributed by atoms with Gasteiger partial charge in [0.25, 0.3) is 0 Å². The summed E-state index contributed by atoms with van der Waals surface area (Å²) in [6.45, 7) is 4.01. The Morgan fingerprint density at radius 3 is 2.76 bits per heavy atom. The van der Waals surface area contributed by atoms with Gasteiger partial charge in [-0.25, -0.2) is 4.98 Å². The molecule has 1 fully saturated rings. The largest absolute Gasteiger partial charge is 0.370 e. The summed E-state index contributed by atoms with van der Waals surface area (Å²) in [5.41, 5.74) is 2.38. The van der Waals surface area contributed by atoms with E-state index in [-0.39, 0.29) is 0 Å². The lowest BCUT2D eigenvalue weighted by Gasteiger charge is -2.25. The van der Waals surface area contributed by atoms with Crippen molar-refractivity contribution in [1.29, 1.82) is 0 Å². The second-order valence-electron chi connectivity index (χ2n) is 6.07. The van der Waals surface area contributed by atoms with E-state index in [4.69, 9.17) is 4.98 Å². The topological polar surface area (TPSA) is 28.2 Å². The second kappa shape index (κ2) is 6.44. The highest BCUT2D eigenvalue weighted by molar-refractivity contribution is 5.81. The maximum atomic E-state index is 4.81. The number of rotatable bonds is 5. The molecule has 0 atom stereocenters. The lowest BCUT2D eigenvalue weighted by molar-refractivity contribution is 0.237. The van der Waals surface area contributed by atoms with Crippen LogP contribution in [-0.2, 0) is 6.54 Å². The average Bonchev–Trinajstić information content (AvgIpc) is 3.02. The van der Waals surface area contributed by atoms with Gasteiger partial charge in [-0.15, -0.1) is 0 Å². The van der Waals surface area contributed by atoms with Crippen molar-refractivity contribution in [2.45, 2.75) is 45.2 Å². The molecule has 1 saturated carbocycles. The van der Waals surface area contributed by atoms with E-state index in [2.05, 4.69) is 54.5 Å². The predicted molar refractivity (Wildman–Crippen MR) is 89.6 cm³/mol. The maximum Gasteiger partial charge on any atom is 0.131 e. The van der Waals surface area contributed by atoms with Gasteiger partial charge in [0.15, 0.2) is 0 Å². The first-order valence-corrected chi connectivity index (χ1v) is 8.10. The van der Waals surface area contributed by atoms with Crippen LogP contribution >= 0.6 is 0 Å². The molecular weight excluding hydrogens is 258 g/mol. The Labute approximate surface area is 127 Å². The summed E-state index contributed by atoms with van der Waals surface area (Å²) in [7, 11) is 2.25. The van der Waals surface area contributed by atoms with E-state index in [1.54, 1.807) is 0 Å². The average molecular weight is 283 g/mol. The number of para-hydroxylation sites is 1. The molecule has 1 heterocycles. The fourth-order valence-electron chi connectivity index (χ4n) is 3.34. The van der Waals surface area contributed by atoms with Crippen LogP contribution in [0.3, 0.4) is 0 Å². The van der Waals surface area contributed by atoms with Crippen LogP contribution in [0.15, 0.2) is 30.3 Å². The first-order valence-electron chi connectivity index (χ1n) is 8.10. The highest BCUT2D eigenvalue weighted by Crippen LogP contribution is 2.26. The van der Waals surface area contributed by atoms with Crippen LogP contribution in [0.25, 0.3) is 10.9 Å². The second-order valence-corrected chi connectivity index (χ2v) is 6.07. The number of hydrogen-bond acceptors (Lipinski definition) is 3. The summed E-state index contributed by atoms with van der Waals surface area (Å²) in [6.07, 6.45) is 5.44. The van der Waals surface area contributed by atoms with Crippen molar-refractivity contribution in [2.75, 3.05) is 18.9 Å². The Bertz CT molecular complexity index is 602. The Morgan fingerprint density at radius 2 is 2.00 bits per heavy atom. The molecule has 0 bridgehead atoms. The zero-order chi connectivity index (χ0) is 14.7. The molecule has 0 amide bonds. The molecule has 3 nitrogen and oxygen atoms in total. The van der Waals surface area contributed by atoms with Gasteiger partial charge in [-0.1, -0.05) is 31.0 Å². The molecule has 0 unspecified atom stereocenters. The van der Waals surface area contributed by atoms with Gasteiger partial charge < -0.3 is 5.32 Å². The van der Waals surface area contributed by atoms with Crippen LogP contribution in [0.1, 0.15) is 38.2 Å². The third-order valence-electron chi connectivity index (χ3n) is 4.51. The van der Waals surface area contributed by atoms with Crippen molar-refractivity contribution in [3.05, 3.63) is 35.9 Å². The summed E-state index contributed by atoms with van der Waals surface area (Å²) < 4.78 is 0. The highest BCUT2D eigenvalue weighted by Gasteiger charge is 2.20. The molecule has 3 rings (SSSR count). The number of aromatic nitrogens is 1. The van der Waals surface area contributed by atoms with Gasteiger partial charge >= 0.3 is 0 Å². The molecule has 1 N–H and O–H groups in total. The molecule has 21 heavy (non-hydrogen) atoms. The van der Waals surface area contributed by atoms with E-state index in [0.717, 1.165) is 30.5 Å². The van der Waals surface area contributed by atoms with E-state index in [1.807, 2.05) is 0 Å². The molecule has 0 saturated heterocycles. The van der Waals surface area contributed by atoms with Gasteiger partial charge in [0.2, 0.25) is 0 Å². The first kappa shape index (κ1) is 14.3. The highest BCUT2D eigenvalue weighted by atomic mass is 15.1. The zero-order valence-corrected chi connectivity index (χ0v) is 13.1. The minimum atomic E-state index is 0.742. The van der Waals surface area contributed by atoms with Crippen LogP contribution in [-0.4, -0.2) is 29.5 Å². The van der Waals surface area contributed by atoms with Crippen LogP contribution in [0.5, 0.6) is 0 Å². The van der Waals surface area contributed by atoms with Crippen molar-refractivity contribution >= 4 is 16.7 Å². The first-order chi connectivity index (χ1) is 10.3. The number of hydrogen-bond donors (Lipinski definition) is 1. The SMILES string of the molecule is CCNc1nc2ccccc2cc1CN(C)C1CCCC1. The number of nitrogens with zero attached hydrogens (tertiary/aromatic N) is 2. The minimum Gasteiger partial charge on any atom is -0.370 e. The van der Waals surface area contributed by atoms with Crippen molar-refractivity contribution in [3.8, 4) is 0 Å². The lowest BCUT2D eigenvalue weighted by atomic mass is 10.1. The number of fused-ring (bicyclic) bond motifs is 1. The molecule has 1 aliphatic carbocycles. The minimum absolute atomic E-state index is 0.742. The van der Waals surface area contributed by atoms with E-state index in [0.29, 0.717) is 0 Å². The van der Waals surface area contributed by atoms with Crippen LogP contribution in [0.2, 0.25) is 0 Å². The molecule has 0 spiro atoms. The normalized spacial score (nSPS) is 16.0. The van der Waals surface area contributed by atoms with Crippen LogP contribution < -0.4 is 5.32 Å². The van der Waals surface area contributed by atoms with Gasteiger partial charge in [-0.2, -0.15) is 0 Å². The van der Waals surface area contributed by atoms with Crippen molar-refractivity contribution in [3.63, 3.8) is 0 Å². The summed E-state index contributed by atoms with van der Waals surface area (Å²) in [6, 6.07) is 11.4. The van der Waals surface area contributed by atoms with Crippen molar-refractivity contribution in [1.82, 2.24) is 9.88 Å². The number of anilines is 1. The quantitative estimate of drug-likeness (QED) is 0.897. The summed E-state index contributed by atoms with van der Waals surface area (Å²) >= 11 is 0. The molecule has 3 heteroatoms. The smallest absolute Gasteiger partial charge is 0.131 e. The Kier molecular flexibility index (Phi) is 4.39. The summed E-state index contributed by atoms with van der Waals surface area (Å²) in [5.74, 6) is 1.04.